The maximum absolute atomic E-state index is 12.7. The highest BCUT2D eigenvalue weighted by Crippen LogP contribution is 2.46. The summed E-state index contributed by atoms with van der Waals surface area (Å²) in [6.45, 7) is 3.73. The van der Waals surface area contributed by atoms with Crippen LogP contribution in [-0.2, 0) is 9.59 Å². The number of nitrogens with zero attached hydrogens (tertiary/aromatic N) is 2. The highest BCUT2D eigenvalue weighted by atomic mass is 16.2. The normalized spacial score (nSPS) is 19.2. The van der Waals surface area contributed by atoms with Gasteiger partial charge in [-0.2, -0.15) is 0 Å². The van der Waals surface area contributed by atoms with Crippen molar-refractivity contribution in [1.82, 2.24) is 15.3 Å². The molecule has 1 saturated carbocycles. The molecular weight excluding hydrogens is 352 g/mol. The molecule has 0 aliphatic heterocycles. The molecule has 0 radical (unpaired) electrons. The average Bonchev–Trinajstić information content (AvgIpc) is 3.39. The predicted molar refractivity (Wildman–Crippen MR) is 109 cm³/mol. The lowest BCUT2D eigenvalue weighted by molar-refractivity contribution is -0.127. The zero-order valence-corrected chi connectivity index (χ0v) is 16.3. The van der Waals surface area contributed by atoms with E-state index >= 15 is 0 Å². The Balaban J connectivity index is 1.37. The number of anilines is 1. The van der Waals surface area contributed by atoms with Crippen LogP contribution in [0.5, 0.6) is 0 Å². The highest BCUT2D eigenvalue weighted by Gasteiger charge is 2.46. The molecule has 6 nitrogen and oxygen atoms in total. The molecule has 1 aromatic heterocycles. The summed E-state index contributed by atoms with van der Waals surface area (Å²) in [5, 5.41) is 2.87. The number of para-hydroxylation sites is 2. The SMILES string of the molecule is Cc1ccc(N(C)C(=O)C(C)NC(=O)C2CC2c2nc3ccccc3[nH]2)cc1. The molecule has 1 heterocycles. The van der Waals surface area contributed by atoms with Gasteiger partial charge in [-0.05, 0) is 44.5 Å². The van der Waals surface area contributed by atoms with Crippen LogP contribution in [0.15, 0.2) is 48.5 Å². The number of hydrogen-bond acceptors (Lipinski definition) is 3. The highest BCUT2D eigenvalue weighted by molar-refractivity contribution is 5.99. The molecule has 3 unspecified atom stereocenters. The Morgan fingerprint density at radius 3 is 2.61 bits per heavy atom. The smallest absolute Gasteiger partial charge is 0.249 e. The van der Waals surface area contributed by atoms with Crippen molar-refractivity contribution in [2.24, 2.45) is 5.92 Å². The lowest BCUT2D eigenvalue weighted by atomic mass is 10.2. The standard InChI is InChI=1S/C22H24N4O2/c1-13-8-10-15(11-9-13)26(3)22(28)14(2)23-21(27)17-12-16(17)20-24-18-6-4-5-7-19(18)25-20/h4-11,14,16-17H,12H2,1-3H3,(H,23,27)(H,24,25). The number of H-pyrrole nitrogens is 1. The van der Waals surface area contributed by atoms with Gasteiger partial charge in [0.2, 0.25) is 11.8 Å². The van der Waals surface area contributed by atoms with E-state index in [4.69, 9.17) is 0 Å². The number of rotatable bonds is 5. The Morgan fingerprint density at radius 1 is 1.18 bits per heavy atom. The third-order valence-electron chi connectivity index (χ3n) is 5.37. The van der Waals surface area contributed by atoms with E-state index in [-0.39, 0.29) is 23.7 Å². The van der Waals surface area contributed by atoms with Gasteiger partial charge in [0.15, 0.2) is 0 Å². The van der Waals surface area contributed by atoms with Gasteiger partial charge in [0.1, 0.15) is 11.9 Å². The molecule has 3 aromatic rings. The Bertz CT molecular complexity index is 991. The number of aromatic amines is 1. The Kier molecular flexibility index (Phi) is 4.63. The van der Waals surface area contributed by atoms with Crippen LogP contribution < -0.4 is 10.2 Å². The molecule has 28 heavy (non-hydrogen) atoms. The fraction of sp³-hybridized carbons (Fsp3) is 0.318. The fourth-order valence-electron chi connectivity index (χ4n) is 3.50. The maximum Gasteiger partial charge on any atom is 0.249 e. The van der Waals surface area contributed by atoms with Crippen LogP contribution in [0.3, 0.4) is 0 Å². The molecule has 1 fully saturated rings. The number of aryl methyl sites for hydroxylation is 1. The number of carbonyl (C=O) groups is 2. The molecule has 3 atom stereocenters. The van der Waals surface area contributed by atoms with Crippen molar-refractivity contribution in [2.45, 2.75) is 32.2 Å². The number of likely N-dealkylation sites (N-methyl/N-ethyl adjacent to an activating group) is 1. The van der Waals surface area contributed by atoms with Crippen molar-refractivity contribution in [3.8, 4) is 0 Å². The van der Waals surface area contributed by atoms with Gasteiger partial charge in [-0.1, -0.05) is 29.8 Å². The van der Waals surface area contributed by atoms with Crippen LogP contribution in [0.4, 0.5) is 5.69 Å². The van der Waals surface area contributed by atoms with Crippen molar-refractivity contribution in [1.29, 1.82) is 0 Å². The molecule has 4 rings (SSSR count). The summed E-state index contributed by atoms with van der Waals surface area (Å²) in [4.78, 5) is 34.7. The first kappa shape index (κ1) is 18.2. The third kappa shape index (κ3) is 3.50. The Labute approximate surface area is 164 Å². The van der Waals surface area contributed by atoms with E-state index in [1.54, 1.807) is 18.9 Å². The number of carbonyl (C=O) groups excluding carboxylic acids is 2. The van der Waals surface area contributed by atoms with Gasteiger partial charge in [0.25, 0.3) is 0 Å². The molecule has 0 bridgehead atoms. The van der Waals surface area contributed by atoms with Crippen LogP contribution in [0, 0.1) is 12.8 Å². The second-order valence-corrected chi connectivity index (χ2v) is 7.55. The van der Waals surface area contributed by atoms with Gasteiger partial charge >= 0.3 is 0 Å². The van der Waals surface area contributed by atoms with Gasteiger partial charge in [-0.15, -0.1) is 0 Å². The minimum absolute atomic E-state index is 0.0875. The van der Waals surface area contributed by atoms with E-state index in [1.807, 2.05) is 55.5 Å². The van der Waals surface area contributed by atoms with Gasteiger partial charge in [-0.25, -0.2) is 4.98 Å². The van der Waals surface area contributed by atoms with E-state index in [1.165, 1.54) is 0 Å². The molecule has 2 aromatic carbocycles. The van der Waals surface area contributed by atoms with Crippen LogP contribution in [0.25, 0.3) is 11.0 Å². The number of fused-ring (bicyclic) bond motifs is 1. The van der Waals surface area contributed by atoms with E-state index in [9.17, 15) is 9.59 Å². The molecule has 0 spiro atoms. The number of aromatic nitrogens is 2. The summed E-state index contributed by atoms with van der Waals surface area (Å²) in [6, 6.07) is 15.0. The topological polar surface area (TPSA) is 78.1 Å². The summed E-state index contributed by atoms with van der Waals surface area (Å²) in [5.74, 6) is 0.559. The molecular formula is C22H24N4O2. The van der Waals surface area contributed by atoms with Crippen molar-refractivity contribution in [2.75, 3.05) is 11.9 Å². The maximum atomic E-state index is 12.7. The summed E-state index contributed by atoms with van der Waals surface area (Å²) < 4.78 is 0. The summed E-state index contributed by atoms with van der Waals surface area (Å²) in [5.41, 5.74) is 3.83. The van der Waals surface area contributed by atoms with Crippen LogP contribution in [0.1, 0.15) is 30.7 Å². The van der Waals surface area contributed by atoms with E-state index in [0.717, 1.165) is 34.5 Å². The van der Waals surface area contributed by atoms with Crippen LogP contribution in [-0.4, -0.2) is 34.9 Å². The van der Waals surface area contributed by atoms with E-state index in [0.29, 0.717) is 0 Å². The van der Waals surface area contributed by atoms with Gasteiger partial charge in [0, 0.05) is 24.6 Å². The molecule has 6 heteroatoms. The monoisotopic (exact) mass is 376 g/mol. The molecule has 1 aliphatic carbocycles. The quantitative estimate of drug-likeness (QED) is 0.718. The average molecular weight is 376 g/mol. The van der Waals surface area contributed by atoms with Crippen LogP contribution in [0.2, 0.25) is 0 Å². The Morgan fingerprint density at radius 2 is 1.89 bits per heavy atom. The fourth-order valence-corrected chi connectivity index (χ4v) is 3.50. The predicted octanol–water partition coefficient (Wildman–Crippen LogP) is 3.14. The first-order valence-electron chi connectivity index (χ1n) is 9.53. The van der Waals surface area contributed by atoms with Crippen LogP contribution >= 0.6 is 0 Å². The number of hydrogen-bond donors (Lipinski definition) is 2. The summed E-state index contributed by atoms with van der Waals surface area (Å²) in [7, 11) is 1.73. The summed E-state index contributed by atoms with van der Waals surface area (Å²) >= 11 is 0. The number of imidazole rings is 1. The van der Waals surface area contributed by atoms with Crippen molar-refractivity contribution in [3.05, 3.63) is 59.9 Å². The lowest BCUT2D eigenvalue weighted by Crippen LogP contribution is -2.46. The summed E-state index contributed by atoms with van der Waals surface area (Å²) in [6.07, 6.45) is 0.750. The third-order valence-corrected chi connectivity index (χ3v) is 5.37. The van der Waals surface area contributed by atoms with Crippen molar-refractivity contribution >= 4 is 28.5 Å². The molecule has 2 amide bonds. The van der Waals surface area contributed by atoms with Crippen molar-refractivity contribution in [3.63, 3.8) is 0 Å². The first-order valence-corrected chi connectivity index (χ1v) is 9.53. The number of benzene rings is 2. The number of nitrogens with one attached hydrogen (secondary N) is 2. The largest absolute Gasteiger partial charge is 0.344 e. The second-order valence-electron chi connectivity index (χ2n) is 7.55. The minimum Gasteiger partial charge on any atom is -0.344 e. The lowest BCUT2D eigenvalue weighted by Gasteiger charge is -2.22. The van der Waals surface area contributed by atoms with E-state index in [2.05, 4.69) is 15.3 Å². The van der Waals surface area contributed by atoms with Crippen molar-refractivity contribution < 1.29 is 9.59 Å². The molecule has 0 saturated heterocycles. The zero-order valence-electron chi connectivity index (χ0n) is 16.3. The van der Waals surface area contributed by atoms with E-state index < -0.39 is 6.04 Å². The molecule has 1 aliphatic rings. The molecule has 2 N–H and O–H groups in total. The van der Waals surface area contributed by atoms with Gasteiger partial charge in [-0.3, -0.25) is 9.59 Å². The zero-order chi connectivity index (χ0) is 19.8. The minimum atomic E-state index is -0.587. The van der Waals surface area contributed by atoms with Gasteiger partial charge < -0.3 is 15.2 Å². The van der Waals surface area contributed by atoms with Gasteiger partial charge in [0.05, 0.1) is 11.0 Å². The number of amides is 2. The molecule has 144 valence electrons. The first-order chi connectivity index (χ1) is 13.4. The Hall–Kier alpha value is -3.15. The second kappa shape index (κ2) is 7.11.